The molecule has 1 atom stereocenters. The van der Waals surface area contributed by atoms with Gasteiger partial charge < -0.3 is 9.64 Å². The number of hydrogen-bond acceptors (Lipinski definition) is 5. The topological polar surface area (TPSA) is 51.1 Å². The van der Waals surface area contributed by atoms with E-state index in [-0.39, 0.29) is 0 Å². The van der Waals surface area contributed by atoms with Crippen molar-refractivity contribution in [3.05, 3.63) is 17.6 Å². The zero-order valence-electron chi connectivity index (χ0n) is 13.8. The van der Waals surface area contributed by atoms with Crippen LogP contribution >= 0.6 is 0 Å². The largest absolute Gasteiger partial charge is 0.475 e. The number of aromatic nitrogens is 3. The predicted molar refractivity (Wildman–Crippen MR) is 86.1 cm³/mol. The number of hydrogen-bond donors (Lipinski definition) is 0. The molecule has 0 N–H and O–H groups in total. The van der Waals surface area contributed by atoms with E-state index in [2.05, 4.69) is 33.8 Å². The van der Waals surface area contributed by atoms with Crippen molar-refractivity contribution < 1.29 is 4.74 Å². The number of ether oxygens (including phenoxy) is 1. The van der Waals surface area contributed by atoms with Gasteiger partial charge >= 0.3 is 0 Å². The molecule has 3 heterocycles. The van der Waals surface area contributed by atoms with Gasteiger partial charge in [0.15, 0.2) is 0 Å². The van der Waals surface area contributed by atoms with Crippen LogP contribution in [0.2, 0.25) is 0 Å². The molecule has 5 nitrogen and oxygen atoms in total. The molecule has 3 rings (SSSR count). The lowest BCUT2D eigenvalue weighted by Crippen LogP contribution is -2.35. The highest BCUT2D eigenvalue weighted by atomic mass is 16.5. The van der Waals surface area contributed by atoms with Crippen molar-refractivity contribution in [2.45, 2.75) is 47.1 Å². The Labute approximate surface area is 126 Å². The third-order valence-electron chi connectivity index (χ3n) is 3.63. The van der Waals surface area contributed by atoms with E-state index < -0.39 is 0 Å². The number of rotatable bonds is 1. The number of aryl methyl sites for hydroxylation is 2. The van der Waals surface area contributed by atoms with E-state index in [0.717, 1.165) is 34.7 Å². The Kier molecular flexibility index (Phi) is 4.60. The highest BCUT2D eigenvalue weighted by Crippen LogP contribution is 2.34. The van der Waals surface area contributed by atoms with Crippen molar-refractivity contribution >= 4 is 16.7 Å². The van der Waals surface area contributed by atoms with E-state index >= 15 is 0 Å². The maximum atomic E-state index is 5.88. The first kappa shape index (κ1) is 15.5. The summed E-state index contributed by atoms with van der Waals surface area (Å²) in [5, 5.41) is 0.926. The van der Waals surface area contributed by atoms with Crippen LogP contribution < -0.4 is 9.64 Å². The van der Waals surface area contributed by atoms with Gasteiger partial charge in [-0.1, -0.05) is 20.8 Å². The van der Waals surface area contributed by atoms with Crippen molar-refractivity contribution in [3.8, 4) is 5.88 Å². The molecule has 0 aliphatic carbocycles. The lowest BCUT2D eigenvalue weighted by Gasteiger charge is -2.25. The second-order valence-corrected chi connectivity index (χ2v) is 5.04. The third kappa shape index (κ3) is 2.77. The average molecular weight is 288 g/mol. The second-order valence-electron chi connectivity index (χ2n) is 5.04. The van der Waals surface area contributed by atoms with Crippen molar-refractivity contribution in [2.24, 2.45) is 0 Å². The Balaban J connectivity index is 0.000000774. The zero-order valence-corrected chi connectivity index (χ0v) is 13.8. The molecule has 21 heavy (non-hydrogen) atoms. The van der Waals surface area contributed by atoms with E-state index in [4.69, 9.17) is 4.74 Å². The zero-order chi connectivity index (χ0) is 15.6. The predicted octanol–water partition coefficient (Wildman–Crippen LogP) is 3.28. The van der Waals surface area contributed by atoms with Gasteiger partial charge in [-0.3, -0.25) is 0 Å². The average Bonchev–Trinajstić information content (AvgIpc) is 2.59. The summed E-state index contributed by atoms with van der Waals surface area (Å²) in [6.07, 6.45) is 1.01. The lowest BCUT2D eigenvalue weighted by molar-refractivity contribution is 0.279. The smallest absolute Gasteiger partial charge is 0.227 e. The van der Waals surface area contributed by atoms with Crippen LogP contribution in [0.15, 0.2) is 6.07 Å². The van der Waals surface area contributed by atoms with Gasteiger partial charge in [0.25, 0.3) is 0 Å². The number of likely N-dealkylation sites (N-methyl/N-ethyl adjacent to an activating group) is 1. The van der Waals surface area contributed by atoms with E-state index in [1.165, 1.54) is 0 Å². The quantitative estimate of drug-likeness (QED) is 0.806. The van der Waals surface area contributed by atoms with E-state index in [1.807, 2.05) is 33.8 Å². The standard InChI is InChI=1S/C14H18N4O.C2H6/c1-5-10-7-19-14-12-11(6-8(2)15-14)16-9(3)17-13(12)18(10)4;1-2/h6,10H,5,7H2,1-4H3;1-2H3/t10-;/m0./s1. The summed E-state index contributed by atoms with van der Waals surface area (Å²) < 4.78 is 5.88. The maximum Gasteiger partial charge on any atom is 0.227 e. The van der Waals surface area contributed by atoms with Crippen LogP contribution in [0.3, 0.4) is 0 Å². The van der Waals surface area contributed by atoms with Crippen LogP contribution in [0, 0.1) is 13.8 Å². The first-order valence-corrected chi connectivity index (χ1v) is 7.61. The Hall–Kier alpha value is -1.91. The summed E-state index contributed by atoms with van der Waals surface area (Å²) >= 11 is 0. The molecule has 1 aliphatic rings. The van der Waals surface area contributed by atoms with Gasteiger partial charge in [0.05, 0.1) is 11.6 Å². The molecule has 0 saturated heterocycles. The molecule has 0 aromatic carbocycles. The summed E-state index contributed by atoms with van der Waals surface area (Å²) in [6.45, 7) is 10.7. The van der Waals surface area contributed by atoms with Crippen LogP contribution in [-0.2, 0) is 0 Å². The fourth-order valence-corrected chi connectivity index (χ4v) is 2.55. The van der Waals surface area contributed by atoms with Crippen LogP contribution in [0.25, 0.3) is 10.9 Å². The molecule has 114 valence electrons. The fourth-order valence-electron chi connectivity index (χ4n) is 2.55. The number of nitrogens with zero attached hydrogens (tertiary/aromatic N) is 4. The first-order valence-electron chi connectivity index (χ1n) is 7.61. The second kappa shape index (κ2) is 6.24. The maximum absolute atomic E-state index is 5.88. The summed E-state index contributed by atoms with van der Waals surface area (Å²) in [6, 6.07) is 2.30. The highest BCUT2D eigenvalue weighted by Gasteiger charge is 2.25. The van der Waals surface area contributed by atoms with E-state index in [0.29, 0.717) is 18.5 Å². The Morgan fingerprint density at radius 1 is 1.24 bits per heavy atom. The fraction of sp³-hybridized carbons (Fsp3) is 0.562. The monoisotopic (exact) mass is 288 g/mol. The van der Waals surface area contributed by atoms with Crippen LogP contribution in [-0.4, -0.2) is 34.6 Å². The molecule has 2 aromatic rings. The van der Waals surface area contributed by atoms with Crippen molar-refractivity contribution in [1.82, 2.24) is 15.0 Å². The molecular formula is C16H24N4O. The molecule has 0 spiro atoms. The SMILES string of the molecule is CC.CC[C@H]1COc2nc(C)cc3nc(C)nc(c23)N1C. The first-order chi connectivity index (χ1) is 10.1. The summed E-state index contributed by atoms with van der Waals surface area (Å²) in [5.74, 6) is 2.37. The van der Waals surface area contributed by atoms with Gasteiger partial charge in [-0.05, 0) is 26.3 Å². The van der Waals surface area contributed by atoms with Crippen LogP contribution in [0.4, 0.5) is 5.82 Å². The number of pyridine rings is 1. The molecule has 2 aromatic heterocycles. The van der Waals surface area contributed by atoms with Crippen LogP contribution in [0.1, 0.15) is 38.7 Å². The summed E-state index contributed by atoms with van der Waals surface area (Å²) in [7, 11) is 2.06. The molecule has 0 fully saturated rings. The molecule has 0 radical (unpaired) electrons. The summed E-state index contributed by atoms with van der Waals surface area (Å²) in [5.41, 5.74) is 1.83. The molecule has 0 saturated carbocycles. The minimum absolute atomic E-state index is 0.312. The van der Waals surface area contributed by atoms with Crippen molar-refractivity contribution in [3.63, 3.8) is 0 Å². The molecule has 0 amide bonds. The molecule has 5 heteroatoms. The molecule has 0 bridgehead atoms. The molecule has 0 unspecified atom stereocenters. The van der Waals surface area contributed by atoms with Crippen molar-refractivity contribution in [1.29, 1.82) is 0 Å². The van der Waals surface area contributed by atoms with E-state index in [1.54, 1.807) is 0 Å². The lowest BCUT2D eigenvalue weighted by atomic mass is 10.2. The van der Waals surface area contributed by atoms with Gasteiger partial charge in [0.1, 0.15) is 23.6 Å². The minimum Gasteiger partial charge on any atom is -0.475 e. The van der Waals surface area contributed by atoms with Crippen molar-refractivity contribution in [2.75, 3.05) is 18.6 Å². The van der Waals surface area contributed by atoms with Crippen LogP contribution in [0.5, 0.6) is 5.88 Å². The Bertz CT molecular complexity index is 636. The Morgan fingerprint density at radius 3 is 2.62 bits per heavy atom. The van der Waals surface area contributed by atoms with Gasteiger partial charge in [-0.25, -0.2) is 15.0 Å². The Morgan fingerprint density at radius 2 is 1.95 bits per heavy atom. The van der Waals surface area contributed by atoms with Gasteiger partial charge in [-0.2, -0.15) is 0 Å². The van der Waals surface area contributed by atoms with Gasteiger partial charge in [0, 0.05) is 12.7 Å². The number of anilines is 1. The molecular weight excluding hydrogens is 264 g/mol. The van der Waals surface area contributed by atoms with E-state index in [9.17, 15) is 0 Å². The minimum atomic E-state index is 0.312. The van der Waals surface area contributed by atoms with Gasteiger partial charge in [0.2, 0.25) is 5.88 Å². The summed E-state index contributed by atoms with van der Waals surface area (Å²) in [4.78, 5) is 15.8. The highest BCUT2D eigenvalue weighted by molar-refractivity contribution is 5.94. The molecule has 1 aliphatic heterocycles. The van der Waals surface area contributed by atoms with Gasteiger partial charge in [-0.15, -0.1) is 0 Å². The third-order valence-corrected chi connectivity index (χ3v) is 3.63. The normalized spacial score (nSPS) is 16.9.